The molecule has 3 aromatic rings. The van der Waals surface area contributed by atoms with Crippen LogP contribution in [-0.2, 0) is 20.4 Å². The number of unbranched alkanes of at least 4 members (excludes halogenated alkanes) is 2. The standard InChI is InChI=1S/C26H37N7O3.C19H35N7O/c1-26(2,3)19-14-20(32-22(35)9-4-5-11-31-25(28)29)23(30-12-10-27)21(15-19)33-24(36)18-8-6-7-17(13-18)16-34;1-19(2,3)13-11-14(23-4)17(24-10-8-20)15(12-13)26-16(27)7-5-6-9-25-18(21)22/h6-8,13-16,30H,4-5,9-12,27H2,1-3H3,(H,32,35)(H,33,36)(H4,28,29,31);11-12,23-24H,5-10,20H2,1-4H3,(H,26,27)(H4,21,22,25). The summed E-state index contributed by atoms with van der Waals surface area (Å²) in [4.78, 5) is 57.2. The summed E-state index contributed by atoms with van der Waals surface area (Å²) in [6, 6.07) is 14.3. The van der Waals surface area contributed by atoms with Crippen LogP contribution in [0, 0.1) is 0 Å². The van der Waals surface area contributed by atoms with Crippen molar-refractivity contribution in [1.29, 1.82) is 0 Å². The first-order valence-corrected chi connectivity index (χ1v) is 21.2. The largest absolute Gasteiger partial charge is 0.386 e. The number of nitrogens with one attached hydrogen (secondary N) is 6. The van der Waals surface area contributed by atoms with Gasteiger partial charge in [-0.3, -0.25) is 29.2 Å². The molecule has 0 saturated heterocycles. The smallest absolute Gasteiger partial charge is 0.255 e. The molecule has 0 saturated carbocycles. The number of aldehydes is 1. The molecule has 0 bridgehead atoms. The number of carbonyl (C=O) groups is 4. The van der Waals surface area contributed by atoms with Crippen molar-refractivity contribution in [3.05, 3.63) is 70.8 Å². The van der Waals surface area contributed by atoms with Crippen LogP contribution in [0.1, 0.15) is 112 Å². The Morgan fingerprint density at radius 1 is 0.619 bits per heavy atom. The van der Waals surface area contributed by atoms with Gasteiger partial charge in [-0.2, -0.15) is 0 Å². The second-order valence-electron chi connectivity index (χ2n) is 16.9. The van der Waals surface area contributed by atoms with E-state index in [1.165, 1.54) is 6.07 Å². The van der Waals surface area contributed by atoms with E-state index in [1.54, 1.807) is 18.2 Å². The zero-order valence-corrected chi connectivity index (χ0v) is 38.2. The minimum Gasteiger partial charge on any atom is -0.386 e. The first kappa shape index (κ1) is 52.7. The van der Waals surface area contributed by atoms with Crippen LogP contribution in [0.5, 0.6) is 0 Å². The summed E-state index contributed by atoms with van der Waals surface area (Å²) in [6.45, 7) is 15.5. The zero-order chi connectivity index (χ0) is 47.2. The number of benzene rings is 3. The van der Waals surface area contributed by atoms with Crippen molar-refractivity contribution in [2.75, 3.05) is 78.2 Å². The fraction of sp³-hybridized carbons (Fsp3) is 0.467. The van der Waals surface area contributed by atoms with Crippen molar-refractivity contribution in [1.82, 2.24) is 0 Å². The summed E-state index contributed by atoms with van der Waals surface area (Å²) in [5.74, 6) is -0.478. The van der Waals surface area contributed by atoms with E-state index in [9.17, 15) is 19.2 Å². The number of rotatable bonds is 22. The zero-order valence-electron chi connectivity index (χ0n) is 38.2. The summed E-state index contributed by atoms with van der Waals surface area (Å²) in [5.41, 5.74) is 39.2. The maximum Gasteiger partial charge on any atom is 0.255 e. The van der Waals surface area contributed by atoms with E-state index in [-0.39, 0.29) is 46.9 Å². The molecule has 0 aliphatic heterocycles. The Morgan fingerprint density at radius 2 is 1.05 bits per heavy atom. The van der Waals surface area contributed by atoms with Crippen molar-refractivity contribution >= 4 is 70.1 Å². The highest BCUT2D eigenvalue weighted by Crippen LogP contribution is 2.38. The molecule has 18 nitrogen and oxygen atoms in total. The molecule has 18 N–H and O–H groups in total. The minimum absolute atomic E-state index is 0.0292. The molecule has 3 aromatic carbocycles. The molecule has 18 heteroatoms. The SMILES string of the molecule is CC(C)(C)c1cc(NC(=O)CCCCN=C(N)N)c(NCCN)c(NC(=O)c2cccc(C=O)c2)c1.CNc1cc(C(C)(C)C)cc(NC(=O)CCCCN=C(N)N)c1NCCN. The maximum atomic E-state index is 13.1. The number of nitrogens with zero attached hydrogens (tertiary/aromatic N) is 2. The molecule has 0 aliphatic carbocycles. The minimum atomic E-state index is -0.377. The molecule has 0 aliphatic rings. The third-order valence-corrected chi connectivity index (χ3v) is 9.46. The van der Waals surface area contributed by atoms with E-state index in [1.807, 2.05) is 46.0 Å². The van der Waals surface area contributed by atoms with E-state index in [0.717, 1.165) is 34.6 Å². The normalized spacial score (nSPS) is 10.9. The quantitative estimate of drug-likeness (QED) is 0.0285. The highest BCUT2D eigenvalue weighted by Gasteiger charge is 2.23. The topological polar surface area (TPSA) is 321 Å². The Morgan fingerprint density at radius 3 is 1.44 bits per heavy atom. The molecule has 0 fully saturated rings. The second-order valence-corrected chi connectivity index (χ2v) is 16.9. The van der Waals surface area contributed by atoms with Gasteiger partial charge in [-0.15, -0.1) is 0 Å². The van der Waals surface area contributed by atoms with Gasteiger partial charge in [0, 0.05) is 70.3 Å². The summed E-state index contributed by atoms with van der Waals surface area (Å²) < 4.78 is 0. The van der Waals surface area contributed by atoms with Gasteiger partial charge in [0.15, 0.2) is 11.9 Å². The maximum absolute atomic E-state index is 13.1. The lowest BCUT2D eigenvalue weighted by Gasteiger charge is -2.25. The van der Waals surface area contributed by atoms with Gasteiger partial charge >= 0.3 is 0 Å². The van der Waals surface area contributed by atoms with Crippen molar-refractivity contribution in [2.45, 2.75) is 90.9 Å². The molecule has 0 radical (unpaired) electrons. The third-order valence-electron chi connectivity index (χ3n) is 9.46. The Labute approximate surface area is 372 Å². The van der Waals surface area contributed by atoms with Gasteiger partial charge in [-0.25, -0.2) is 0 Å². The number of hydrogen-bond acceptors (Lipinski definition) is 11. The summed E-state index contributed by atoms with van der Waals surface area (Å²) >= 11 is 0. The van der Waals surface area contributed by atoms with Crippen LogP contribution in [0.25, 0.3) is 0 Å². The Bertz CT molecular complexity index is 2030. The number of aliphatic imine (C=N–C) groups is 2. The summed E-state index contributed by atoms with van der Waals surface area (Å²) in [5, 5.41) is 18.7. The molecule has 346 valence electrons. The molecule has 3 rings (SSSR count). The van der Waals surface area contributed by atoms with Crippen molar-refractivity contribution in [3.63, 3.8) is 0 Å². The van der Waals surface area contributed by atoms with E-state index in [2.05, 4.69) is 68.7 Å². The summed E-state index contributed by atoms with van der Waals surface area (Å²) in [7, 11) is 1.87. The summed E-state index contributed by atoms with van der Waals surface area (Å²) in [6.07, 6.45) is 4.15. The Hall–Kier alpha value is -6.40. The van der Waals surface area contributed by atoms with Crippen LogP contribution < -0.4 is 66.3 Å². The lowest BCUT2D eigenvalue weighted by Crippen LogP contribution is -2.23. The third kappa shape index (κ3) is 19.0. The number of nitrogens with two attached hydrogens (primary N) is 6. The fourth-order valence-electron chi connectivity index (χ4n) is 6.00. The second kappa shape index (κ2) is 26.2. The predicted octanol–water partition coefficient (Wildman–Crippen LogP) is 4.58. The predicted molar refractivity (Wildman–Crippen MR) is 261 cm³/mol. The first-order valence-electron chi connectivity index (χ1n) is 21.2. The van der Waals surface area contributed by atoms with E-state index < -0.39 is 0 Å². The average Bonchev–Trinajstić information content (AvgIpc) is 3.21. The van der Waals surface area contributed by atoms with Gasteiger partial charge in [0.1, 0.15) is 6.29 Å². The average molecular weight is 873 g/mol. The van der Waals surface area contributed by atoms with Crippen molar-refractivity contribution in [2.24, 2.45) is 44.4 Å². The molecule has 0 unspecified atom stereocenters. The molecule has 0 atom stereocenters. The van der Waals surface area contributed by atoms with Gasteiger partial charge in [0.05, 0.1) is 34.1 Å². The van der Waals surface area contributed by atoms with E-state index in [0.29, 0.717) is 99.4 Å². The highest BCUT2D eigenvalue weighted by atomic mass is 16.2. The van der Waals surface area contributed by atoms with Gasteiger partial charge in [0.2, 0.25) is 11.8 Å². The number of carbonyl (C=O) groups excluding carboxylic acids is 4. The first-order chi connectivity index (χ1) is 29.7. The van der Waals surface area contributed by atoms with Crippen molar-refractivity contribution < 1.29 is 19.2 Å². The van der Waals surface area contributed by atoms with Crippen LogP contribution in [0.3, 0.4) is 0 Å². The van der Waals surface area contributed by atoms with Gasteiger partial charge in [0.25, 0.3) is 5.91 Å². The number of amides is 3. The molecular weight excluding hydrogens is 801 g/mol. The number of hydrogen-bond donors (Lipinski definition) is 12. The monoisotopic (exact) mass is 873 g/mol. The van der Waals surface area contributed by atoms with Crippen molar-refractivity contribution in [3.8, 4) is 0 Å². The molecule has 63 heavy (non-hydrogen) atoms. The van der Waals surface area contributed by atoms with Gasteiger partial charge in [-0.05, 0) is 84.0 Å². The van der Waals surface area contributed by atoms with Crippen LogP contribution in [-0.4, -0.2) is 82.2 Å². The molecule has 0 heterocycles. The van der Waals surface area contributed by atoms with E-state index in [4.69, 9.17) is 34.4 Å². The lowest BCUT2D eigenvalue weighted by molar-refractivity contribution is -0.117. The van der Waals surface area contributed by atoms with Crippen LogP contribution in [0.4, 0.5) is 34.1 Å². The van der Waals surface area contributed by atoms with E-state index >= 15 is 0 Å². The number of guanidine groups is 2. The fourth-order valence-corrected chi connectivity index (χ4v) is 6.00. The highest BCUT2D eigenvalue weighted by molar-refractivity contribution is 6.08. The Kier molecular flexibility index (Phi) is 21.9. The van der Waals surface area contributed by atoms with Crippen LogP contribution in [0.15, 0.2) is 58.5 Å². The lowest BCUT2D eigenvalue weighted by atomic mass is 9.86. The molecule has 0 aromatic heterocycles. The van der Waals surface area contributed by atoms with Crippen LogP contribution >= 0.6 is 0 Å². The molecular formula is C45H72N14O4. The Balaban J connectivity index is 0.000000452. The van der Waals surface area contributed by atoms with Gasteiger partial charge in [-0.1, -0.05) is 53.7 Å². The molecule has 3 amide bonds. The van der Waals surface area contributed by atoms with Gasteiger partial charge < -0.3 is 66.3 Å². The number of anilines is 6. The van der Waals surface area contributed by atoms with Crippen LogP contribution in [0.2, 0.25) is 0 Å². The molecule has 0 spiro atoms.